The molecular weight excluding hydrogens is 299 g/mol. The van der Waals surface area contributed by atoms with Gasteiger partial charge in [-0.15, -0.1) is 11.3 Å². The maximum Gasteiger partial charge on any atom is 0.252 e. The van der Waals surface area contributed by atoms with Gasteiger partial charge in [0.05, 0.1) is 8.45 Å². The molecule has 0 fully saturated rings. The average molecular weight is 310 g/mol. The largest absolute Gasteiger partial charge is 0.352 e. The summed E-state index contributed by atoms with van der Waals surface area (Å²) in [6, 6.07) is 1.88. The molecule has 1 rings (SSSR count). The highest BCUT2D eigenvalue weighted by molar-refractivity contribution is 14.1. The van der Waals surface area contributed by atoms with E-state index < -0.39 is 0 Å². The normalized spacial score (nSPS) is 10.0. The standard InChI is InChI=1S/C8H11IN2OS/c9-7-4-6(5-13-7)8(12)11-3-1-2-10/h4-5H,1-3,10H2,(H,11,12). The zero-order valence-corrected chi connectivity index (χ0v) is 10.0. The van der Waals surface area contributed by atoms with Crippen molar-refractivity contribution in [3.8, 4) is 0 Å². The van der Waals surface area contributed by atoms with Crippen LogP contribution < -0.4 is 11.1 Å². The molecule has 0 atom stereocenters. The van der Waals surface area contributed by atoms with Crippen LogP contribution in [0.1, 0.15) is 16.8 Å². The number of rotatable bonds is 4. The van der Waals surface area contributed by atoms with Gasteiger partial charge in [-0.25, -0.2) is 0 Å². The Morgan fingerprint density at radius 2 is 2.46 bits per heavy atom. The monoisotopic (exact) mass is 310 g/mol. The van der Waals surface area contributed by atoms with Crippen LogP contribution in [0, 0.1) is 2.88 Å². The Morgan fingerprint density at radius 3 is 3.00 bits per heavy atom. The van der Waals surface area contributed by atoms with Crippen molar-refractivity contribution in [1.82, 2.24) is 5.32 Å². The molecule has 0 aromatic carbocycles. The Hall–Kier alpha value is -0.140. The maximum atomic E-state index is 11.4. The number of hydrogen-bond donors (Lipinski definition) is 2. The Kier molecular flexibility index (Phi) is 4.68. The number of thiophene rings is 1. The van der Waals surface area contributed by atoms with Crippen molar-refractivity contribution in [2.75, 3.05) is 13.1 Å². The van der Waals surface area contributed by atoms with Crippen molar-refractivity contribution in [2.45, 2.75) is 6.42 Å². The maximum absolute atomic E-state index is 11.4. The second-order valence-corrected chi connectivity index (χ2v) is 5.34. The van der Waals surface area contributed by atoms with Crippen LogP contribution in [0.15, 0.2) is 11.4 Å². The molecule has 0 radical (unpaired) electrons. The van der Waals surface area contributed by atoms with Crippen LogP contribution in [0.25, 0.3) is 0 Å². The van der Waals surface area contributed by atoms with Crippen LogP contribution in [0.2, 0.25) is 0 Å². The third-order valence-electron chi connectivity index (χ3n) is 1.50. The summed E-state index contributed by atoms with van der Waals surface area (Å²) in [5.41, 5.74) is 6.05. The number of carbonyl (C=O) groups excluding carboxylic acids is 1. The van der Waals surface area contributed by atoms with E-state index in [0.717, 1.165) is 14.9 Å². The van der Waals surface area contributed by atoms with Gasteiger partial charge in [0.1, 0.15) is 0 Å². The van der Waals surface area contributed by atoms with E-state index >= 15 is 0 Å². The van der Waals surface area contributed by atoms with E-state index in [0.29, 0.717) is 13.1 Å². The van der Waals surface area contributed by atoms with E-state index in [-0.39, 0.29) is 5.91 Å². The first-order chi connectivity index (χ1) is 6.24. The molecule has 0 aliphatic carbocycles. The number of nitrogens with one attached hydrogen (secondary N) is 1. The van der Waals surface area contributed by atoms with Crippen LogP contribution in [0.3, 0.4) is 0 Å². The minimum absolute atomic E-state index is 0.00684. The fourth-order valence-electron chi connectivity index (χ4n) is 0.835. The summed E-state index contributed by atoms with van der Waals surface area (Å²) < 4.78 is 1.13. The van der Waals surface area contributed by atoms with Gasteiger partial charge in [-0.1, -0.05) is 0 Å². The molecule has 0 unspecified atom stereocenters. The molecule has 3 N–H and O–H groups in total. The molecule has 13 heavy (non-hydrogen) atoms. The molecule has 1 amide bonds. The van der Waals surface area contributed by atoms with Crippen molar-refractivity contribution in [2.24, 2.45) is 5.73 Å². The predicted molar refractivity (Wildman–Crippen MR) is 63.0 cm³/mol. The van der Waals surface area contributed by atoms with Crippen molar-refractivity contribution < 1.29 is 4.79 Å². The fraction of sp³-hybridized carbons (Fsp3) is 0.375. The van der Waals surface area contributed by atoms with Gasteiger partial charge in [0.15, 0.2) is 0 Å². The van der Waals surface area contributed by atoms with Crippen LogP contribution in [-0.2, 0) is 0 Å². The molecular formula is C8H11IN2OS. The summed E-state index contributed by atoms with van der Waals surface area (Å²) in [6.07, 6.45) is 0.826. The fourth-order valence-corrected chi connectivity index (χ4v) is 2.16. The Labute approximate surface area is 94.8 Å². The highest BCUT2D eigenvalue weighted by atomic mass is 127. The van der Waals surface area contributed by atoms with Crippen molar-refractivity contribution in [1.29, 1.82) is 0 Å². The van der Waals surface area contributed by atoms with E-state index in [4.69, 9.17) is 5.73 Å². The Morgan fingerprint density at radius 1 is 1.69 bits per heavy atom. The lowest BCUT2D eigenvalue weighted by Gasteiger charge is -2.00. The summed E-state index contributed by atoms with van der Waals surface area (Å²) in [7, 11) is 0. The topological polar surface area (TPSA) is 55.1 Å². The van der Waals surface area contributed by atoms with Crippen molar-refractivity contribution >= 4 is 39.8 Å². The minimum atomic E-state index is -0.00684. The van der Waals surface area contributed by atoms with E-state index in [1.165, 1.54) is 0 Å². The molecule has 1 aromatic heterocycles. The van der Waals surface area contributed by atoms with Gasteiger partial charge in [0.2, 0.25) is 0 Å². The molecule has 0 aliphatic rings. The number of hydrogen-bond acceptors (Lipinski definition) is 3. The smallest absolute Gasteiger partial charge is 0.252 e. The van der Waals surface area contributed by atoms with Gasteiger partial charge in [0.25, 0.3) is 5.91 Å². The molecule has 5 heteroatoms. The lowest BCUT2D eigenvalue weighted by Crippen LogP contribution is -2.25. The number of halogens is 1. The van der Waals surface area contributed by atoms with Gasteiger partial charge in [-0.2, -0.15) is 0 Å². The van der Waals surface area contributed by atoms with E-state index in [1.807, 2.05) is 11.4 Å². The second kappa shape index (κ2) is 5.56. The molecule has 1 aromatic rings. The summed E-state index contributed by atoms with van der Waals surface area (Å²) in [5, 5.41) is 4.66. The highest BCUT2D eigenvalue weighted by Gasteiger charge is 2.05. The molecule has 0 bridgehead atoms. The minimum Gasteiger partial charge on any atom is -0.352 e. The van der Waals surface area contributed by atoms with Gasteiger partial charge in [-0.05, 0) is 41.6 Å². The molecule has 0 saturated heterocycles. The Balaban J connectivity index is 2.40. The lowest BCUT2D eigenvalue weighted by molar-refractivity contribution is 0.0954. The first-order valence-electron chi connectivity index (χ1n) is 3.96. The third kappa shape index (κ3) is 3.61. The summed E-state index contributed by atoms with van der Waals surface area (Å²) in [6.45, 7) is 1.27. The third-order valence-corrected chi connectivity index (χ3v) is 3.29. The first kappa shape index (κ1) is 10.9. The molecule has 0 saturated carbocycles. The number of carbonyl (C=O) groups is 1. The van der Waals surface area contributed by atoms with Crippen LogP contribution in [-0.4, -0.2) is 19.0 Å². The second-order valence-electron chi connectivity index (χ2n) is 2.54. The molecule has 3 nitrogen and oxygen atoms in total. The summed E-state index contributed by atoms with van der Waals surface area (Å²) >= 11 is 3.77. The summed E-state index contributed by atoms with van der Waals surface area (Å²) in [4.78, 5) is 11.4. The zero-order chi connectivity index (χ0) is 9.68. The van der Waals surface area contributed by atoms with Gasteiger partial charge in [-0.3, -0.25) is 4.79 Å². The van der Waals surface area contributed by atoms with Crippen LogP contribution in [0.5, 0.6) is 0 Å². The number of nitrogens with two attached hydrogens (primary N) is 1. The van der Waals surface area contributed by atoms with Crippen LogP contribution in [0.4, 0.5) is 0 Å². The van der Waals surface area contributed by atoms with E-state index in [2.05, 4.69) is 27.9 Å². The van der Waals surface area contributed by atoms with Gasteiger partial charge in [0, 0.05) is 11.9 Å². The average Bonchev–Trinajstić information content (AvgIpc) is 2.52. The number of amides is 1. The van der Waals surface area contributed by atoms with Crippen molar-refractivity contribution in [3.63, 3.8) is 0 Å². The zero-order valence-electron chi connectivity index (χ0n) is 7.05. The lowest BCUT2D eigenvalue weighted by atomic mass is 10.3. The van der Waals surface area contributed by atoms with Crippen molar-refractivity contribution in [3.05, 3.63) is 19.9 Å². The Bertz CT molecular complexity index is 287. The van der Waals surface area contributed by atoms with E-state index in [1.54, 1.807) is 11.3 Å². The van der Waals surface area contributed by atoms with E-state index in [9.17, 15) is 4.79 Å². The first-order valence-corrected chi connectivity index (χ1v) is 5.92. The molecule has 1 heterocycles. The highest BCUT2D eigenvalue weighted by Crippen LogP contribution is 2.16. The molecule has 0 spiro atoms. The van der Waals surface area contributed by atoms with Gasteiger partial charge >= 0.3 is 0 Å². The van der Waals surface area contributed by atoms with Crippen LogP contribution >= 0.6 is 33.9 Å². The predicted octanol–water partition coefficient (Wildman–Crippen LogP) is 1.43. The molecule has 72 valence electrons. The molecule has 0 aliphatic heterocycles. The quantitative estimate of drug-likeness (QED) is 0.653. The van der Waals surface area contributed by atoms with Gasteiger partial charge < -0.3 is 11.1 Å². The summed E-state index contributed by atoms with van der Waals surface area (Å²) in [5.74, 6) is -0.00684. The SMILES string of the molecule is NCCCNC(=O)c1csc(I)c1.